The van der Waals surface area contributed by atoms with Crippen LogP contribution in [0.4, 0.5) is 0 Å². The van der Waals surface area contributed by atoms with E-state index in [-0.39, 0.29) is 6.10 Å². The summed E-state index contributed by atoms with van der Waals surface area (Å²) in [4.78, 5) is 4.25. The summed E-state index contributed by atoms with van der Waals surface area (Å²) in [6.07, 6.45) is 5.92. The Kier molecular flexibility index (Phi) is 2.15. The molecule has 14 heavy (non-hydrogen) atoms. The molecule has 0 aliphatic rings. The van der Waals surface area contributed by atoms with Gasteiger partial charge in [0.2, 0.25) is 0 Å². The third-order valence-electron chi connectivity index (χ3n) is 1.95. The Bertz CT molecular complexity index is 445. The fraction of sp³-hybridized carbons (Fsp3) is 0.364. The summed E-state index contributed by atoms with van der Waals surface area (Å²) in [7, 11) is 0. The minimum Gasteiger partial charge on any atom is -0.487 e. The number of ether oxygens (including phenoxy) is 1. The van der Waals surface area contributed by atoms with E-state index in [4.69, 9.17) is 4.74 Å². The minimum atomic E-state index is 0.178. The Morgan fingerprint density at radius 1 is 1.43 bits per heavy atom. The highest BCUT2D eigenvalue weighted by molar-refractivity contribution is 5.54. The van der Waals surface area contributed by atoms with Gasteiger partial charge in [-0.05, 0) is 32.4 Å². The van der Waals surface area contributed by atoms with Crippen molar-refractivity contribution >= 4 is 5.65 Å². The van der Waals surface area contributed by atoms with E-state index in [0.29, 0.717) is 0 Å². The molecule has 0 aromatic carbocycles. The Labute approximate surface area is 83.3 Å². The van der Waals surface area contributed by atoms with E-state index in [1.165, 1.54) is 5.56 Å². The number of hydrogen-bond donors (Lipinski definition) is 0. The van der Waals surface area contributed by atoms with Gasteiger partial charge in [0.1, 0.15) is 0 Å². The molecule has 2 heterocycles. The molecule has 0 spiro atoms. The predicted molar refractivity (Wildman–Crippen MR) is 55.7 cm³/mol. The van der Waals surface area contributed by atoms with Crippen LogP contribution in [0.15, 0.2) is 24.7 Å². The molecule has 0 saturated carbocycles. The second-order valence-corrected chi connectivity index (χ2v) is 3.71. The summed E-state index contributed by atoms with van der Waals surface area (Å²) >= 11 is 0. The minimum absolute atomic E-state index is 0.178. The standard InChI is InChI=1S/C11H14N2O/c1-8(2)14-10-6-9(3)7-13-5-4-12-11(10)13/h4-8H,1-3H3. The predicted octanol–water partition coefficient (Wildman–Crippen LogP) is 2.43. The van der Waals surface area contributed by atoms with Crippen LogP contribution in [-0.4, -0.2) is 15.5 Å². The molecule has 2 rings (SSSR count). The smallest absolute Gasteiger partial charge is 0.179 e. The van der Waals surface area contributed by atoms with Crippen molar-refractivity contribution < 1.29 is 4.74 Å². The van der Waals surface area contributed by atoms with Crippen molar-refractivity contribution in [2.45, 2.75) is 26.9 Å². The van der Waals surface area contributed by atoms with Crippen molar-refractivity contribution in [2.75, 3.05) is 0 Å². The van der Waals surface area contributed by atoms with Crippen LogP contribution in [0.5, 0.6) is 5.75 Å². The number of imidazole rings is 1. The van der Waals surface area contributed by atoms with Crippen molar-refractivity contribution in [1.29, 1.82) is 0 Å². The normalized spacial score (nSPS) is 11.1. The van der Waals surface area contributed by atoms with Crippen molar-refractivity contribution in [3.63, 3.8) is 0 Å². The van der Waals surface area contributed by atoms with E-state index in [0.717, 1.165) is 11.4 Å². The van der Waals surface area contributed by atoms with Crippen LogP contribution in [0, 0.1) is 6.92 Å². The summed E-state index contributed by atoms with van der Waals surface area (Å²) in [5.74, 6) is 0.852. The molecule has 0 bridgehead atoms. The SMILES string of the molecule is Cc1cc(OC(C)C)c2nccn2c1. The topological polar surface area (TPSA) is 26.5 Å². The molecule has 3 nitrogen and oxygen atoms in total. The van der Waals surface area contributed by atoms with Crippen LogP contribution in [0.2, 0.25) is 0 Å². The highest BCUT2D eigenvalue weighted by Crippen LogP contribution is 2.20. The third-order valence-corrected chi connectivity index (χ3v) is 1.95. The Hall–Kier alpha value is -1.51. The molecule has 0 unspecified atom stereocenters. The highest BCUT2D eigenvalue weighted by Gasteiger charge is 2.06. The molecular formula is C11H14N2O. The summed E-state index contributed by atoms with van der Waals surface area (Å²) in [5, 5.41) is 0. The Morgan fingerprint density at radius 2 is 2.21 bits per heavy atom. The number of pyridine rings is 1. The van der Waals surface area contributed by atoms with Crippen LogP contribution >= 0.6 is 0 Å². The van der Waals surface area contributed by atoms with Crippen LogP contribution in [0.3, 0.4) is 0 Å². The molecule has 2 aromatic rings. The number of rotatable bonds is 2. The summed E-state index contributed by atoms with van der Waals surface area (Å²) in [5.41, 5.74) is 2.05. The van der Waals surface area contributed by atoms with Gasteiger partial charge in [0.05, 0.1) is 6.10 Å². The molecule has 0 amide bonds. The van der Waals surface area contributed by atoms with Gasteiger partial charge < -0.3 is 9.14 Å². The molecule has 0 saturated heterocycles. The van der Waals surface area contributed by atoms with Gasteiger partial charge in [-0.15, -0.1) is 0 Å². The van der Waals surface area contributed by atoms with Crippen LogP contribution in [0.25, 0.3) is 5.65 Å². The second kappa shape index (κ2) is 3.33. The van der Waals surface area contributed by atoms with Gasteiger partial charge in [-0.25, -0.2) is 4.98 Å². The van der Waals surface area contributed by atoms with E-state index in [9.17, 15) is 0 Å². The molecular weight excluding hydrogens is 176 g/mol. The number of nitrogens with zero attached hydrogens (tertiary/aromatic N) is 2. The van der Waals surface area contributed by atoms with Gasteiger partial charge in [0.25, 0.3) is 0 Å². The maximum atomic E-state index is 5.68. The van der Waals surface area contributed by atoms with Crippen molar-refractivity contribution in [2.24, 2.45) is 0 Å². The van der Waals surface area contributed by atoms with Gasteiger partial charge in [-0.2, -0.15) is 0 Å². The maximum Gasteiger partial charge on any atom is 0.179 e. The summed E-state index contributed by atoms with van der Waals surface area (Å²) < 4.78 is 7.66. The third kappa shape index (κ3) is 1.58. The number of aromatic nitrogens is 2. The molecule has 0 radical (unpaired) electrons. The highest BCUT2D eigenvalue weighted by atomic mass is 16.5. The molecule has 0 atom stereocenters. The first kappa shape index (κ1) is 9.06. The van der Waals surface area contributed by atoms with Crippen molar-refractivity contribution in [3.05, 3.63) is 30.2 Å². The number of hydrogen-bond acceptors (Lipinski definition) is 2. The van der Waals surface area contributed by atoms with Crippen molar-refractivity contribution in [1.82, 2.24) is 9.38 Å². The molecule has 74 valence electrons. The first-order valence-electron chi connectivity index (χ1n) is 4.77. The van der Waals surface area contributed by atoms with Gasteiger partial charge in [-0.3, -0.25) is 0 Å². The summed E-state index contributed by atoms with van der Waals surface area (Å²) in [6.45, 7) is 6.08. The van der Waals surface area contributed by atoms with Gasteiger partial charge in [0.15, 0.2) is 11.4 Å². The zero-order valence-corrected chi connectivity index (χ0v) is 8.69. The van der Waals surface area contributed by atoms with E-state index in [2.05, 4.69) is 4.98 Å². The first-order chi connectivity index (χ1) is 6.66. The molecule has 0 N–H and O–H groups in total. The molecule has 0 aliphatic heterocycles. The quantitative estimate of drug-likeness (QED) is 0.727. The zero-order valence-electron chi connectivity index (χ0n) is 8.69. The van der Waals surface area contributed by atoms with Gasteiger partial charge in [0, 0.05) is 18.6 Å². The van der Waals surface area contributed by atoms with Crippen LogP contribution < -0.4 is 4.74 Å². The molecule has 2 aromatic heterocycles. The van der Waals surface area contributed by atoms with Crippen molar-refractivity contribution in [3.8, 4) is 5.75 Å². The lowest BCUT2D eigenvalue weighted by molar-refractivity contribution is 0.244. The molecule has 3 heteroatoms. The lowest BCUT2D eigenvalue weighted by Gasteiger charge is -2.11. The van der Waals surface area contributed by atoms with E-state index in [1.807, 2.05) is 43.6 Å². The lowest BCUT2D eigenvalue weighted by Crippen LogP contribution is -2.07. The largest absolute Gasteiger partial charge is 0.487 e. The maximum absolute atomic E-state index is 5.68. The van der Waals surface area contributed by atoms with E-state index >= 15 is 0 Å². The lowest BCUT2D eigenvalue weighted by atomic mass is 10.3. The Morgan fingerprint density at radius 3 is 2.93 bits per heavy atom. The second-order valence-electron chi connectivity index (χ2n) is 3.71. The van der Waals surface area contributed by atoms with E-state index in [1.54, 1.807) is 6.20 Å². The fourth-order valence-corrected chi connectivity index (χ4v) is 1.48. The van der Waals surface area contributed by atoms with E-state index < -0.39 is 0 Å². The summed E-state index contributed by atoms with van der Waals surface area (Å²) in [6, 6.07) is 2.02. The van der Waals surface area contributed by atoms with Crippen LogP contribution in [0.1, 0.15) is 19.4 Å². The zero-order chi connectivity index (χ0) is 10.1. The number of fused-ring (bicyclic) bond motifs is 1. The van der Waals surface area contributed by atoms with Crippen LogP contribution in [-0.2, 0) is 0 Å². The molecule has 0 fully saturated rings. The first-order valence-corrected chi connectivity index (χ1v) is 4.77. The number of aryl methyl sites for hydroxylation is 1. The molecule has 0 aliphatic carbocycles. The monoisotopic (exact) mass is 190 g/mol. The fourth-order valence-electron chi connectivity index (χ4n) is 1.48. The average Bonchev–Trinajstić information content (AvgIpc) is 2.50. The van der Waals surface area contributed by atoms with Gasteiger partial charge in [-0.1, -0.05) is 0 Å². The average molecular weight is 190 g/mol. The van der Waals surface area contributed by atoms with Gasteiger partial charge >= 0.3 is 0 Å². The Balaban J connectivity index is 2.55.